The third kappa shape index (κ3) is 5.12. The minimum Gasteiger partial charge on any atom is -0.342 e. The van der Waals surface area contributed by atoms with E-state index >= 15 is 0 Å². The topological polar surface area (TPSA) is 122 Å². The fourth-order valence-corrected chi connectivity index (χ4v) is 4.04. The van der Waals surface area contributed by atoms with Crippen molar-refractivity contribution in [3.8, 4) is 0 Å². The summed E-state index contributed by atoms with van der Waals surface area (Å²) in [4.78, 5) is 30.7. The molecule has 1 aliphatic heterocycles. The van der Waals surface area contributed by atoms with Crippen LogP contribution in [0.15, 0.2) is 40.7 Å². The number of primary sulfonamides is 1. The van der Waals surface area contributed by atoms with Crippen LogP contribution in [-0.2, 0) is 26.0 Å². The van der Waals surface area contributed by atoms with E-state index in [9.17, 15) is 18.0 Å². The number of benzene rings is 1. The highest BCUT2D eigenvalue weighted by atomic mass is 32.2. The van der Waals surface area contributed by atoms with E-state index in [1.54, 1.807) is 28.6 Å². The average Bonchev–Trinajstić information content (AvgIpc) is 3.14. The van der Waals surface area contributed by atoms with E-state index in [1.807, 2.05) is 0 Å². The lowest BCUT2D eigenvalue weighted by Crippen LogP contribution is -2.44. The predicted octanol–water partition coefficient (Wildman–Crippen LogP) is 1.21. The Hall–Kier alpha value is -2.30. The number of nitrogens with two attached hydrogens (primary N) is 1. The number of hydrogen-bond acceptors (Lipinski definition) is 6. The van der Waals surface area contributed by atoms with E-state index in [-0.39, 0.29) is 29.0 Å². The van der Waals surface area contributed by atoms with Crippen LogP contribution in [-0.4, -0.2) is 43.2 Å². The van der Waals surface area contributed by atoms with Crippen LogP contribution in [0.3, 0.4) is 0 Å². The molecule has 10 heteroatoms. The van der Waals surface area contributed by atoms with Crippen molar-refractivity contribution in [1.82, 2.24) is 9.88 Å². The van der Waals surface area contributed by atoms with Crippen LogP contribution in [0.5, 0.6) is 0 Å². The number of aromatic nitrogens is 1. The molecular formula is C17H20N4O4S2. The van der Waals surface area contributed by atoms with Crippen molar-refractivity contribution in [2.24, 2.45) is 11.1 Å². The van der Waals surface area contributed by atoms with Gasteiger partial charge in [-0.15, -0.1) is 11.3 Å². The number of sulfonamides is 1. The normalized spacial score (nSPS) is 17.5. The maximum Gasteiger partial charge on any atom is 0.238 e. The number of nitrogens with zero attached hydrogens (tertiary/aromatic N) is 2. The van der Waals surface area contributed by atoms with E-state index in [0.717, 1.165) is 12.8 Å². The van der Waals surface area contributed by atoms with Crippen molar-refractivity contribution in [1.29, 1.82) is 0 Å². The molecule has 1 aromatic heterocycles. The smallest absolute Gasteiger partial charge is 0.238 e. The van der Waals surface area contributed by atoms with Gasteiger partial charge in [0, 0.05) is 24.7 Å². The zero-order chi connectivity index (χ0) is 19.4. The maximum absolute atomic E-state index is 12.6. The lowest BCUT2D eigenvalue weighted by atomic mass is 9.96. The number of amides is 2. The zero-order valence-corrected chi connectivity index (χ0v) is 16.1. The third-order valence-electron chi connectivity index (χ3n) is 4.41. The summed E-state index contributed by atoms with van der Waals surface area (Å²) in [5.74, 6) is -0.485. The first-order chi connectivity index (χ1) is 12.8. The minimum absolute atomic E-state index is 0.00981. The largest absolute Gasteiger partial charge is 0.342 e. The summed E-state index contributed by atoms with van der Waals surface area (Å²) in [7, 11) is -3.75. The van der Waals surface area contributed by atoms with Gasteiger partial charge >= 0.3 is 0 Å². The van der Waals surface area contributed by atoms with Crippen LogP contribution in [0, 0.1) is 5.92 Å². The average molecular weight is 409 g/mol. The number of thiazole rings is 1. The van der Waals surface area contributed by atoms with Crippen molar-refractivity contribution in [2.75, 3.05) is 18.4 Å². The Morgan fingerprint density at radius 2 is 2.04 bits per heavy atom. The Balaban J connectivity index is 1.58. The number of likely N-dealkylation sites (tertiary alicyclic amines) is 1. The van der Waals surface area contributed by atoms with Gasteiger partial charge in [-0.2, -0.15) is 0 Å². The number of piperidine rings is 1. The van der Waals surface area contributed by atoms with E-state index in [4.69, 9.17) is 5.14 Å². The quantitative estimate of drug-likeness (QED) is 0.770. The molecule has 27 heavy (non-hydrogen) atoms. The Bertz CT molecular complexity index is 911. The highest BCUT2D eigenvalue weighted by Crippen LogP contribution is 2.21. The van der Waals surface area contributed by atoms with E-state index in [2.05, 4.69) is 10.3 Å². The molecule has 2 heterocycles. The second-order valence-electron chi connectivity index (χ2n) is 6.37. The van der Waals surface area contributed by atoms with Crippen molar-refractivity contribution < 1.29 is 18.0 Å². The molecule has 1 aromatic carbocycles. The van der Waals surface area contributed by atoms with Gasteiger partial charge in [-0.1, -0.05) is 12.1 Å². The Kier molecular flexibility index (Phi) is 5.88. The van der Waals surface area contributed by atoms with Crippen LogP contribution >= 0.6 is 11.3 Å². The first-order valence-corrected chi connectivity index (χ1v) is 10.9. The second-order valence-corrected chi connectivity index (χ2v) is 8.83. The van der Waals surface area contributed by atoms with Crippen molar-refractivity contribution in [3.05, 3.63) is 41.4 Å². The molecule has 3 N–H and O–H groups in total. The molecule has 0 bridgehead atoms. The number of carbonyl (C=O) groups is 2. The number of hydrogen-bond donors (Lipinski definition) is 2. The molecule has 0 spiro atoms. The van der Waals surface area contributed by atoms with Crippen molar-refractivity contribution in [3.63, 3.8) is 0 Å². The van der Waals surface area contributed by atoms with Gasteiger partial charge < -0.3 is 10.2 Å². The van der Waals surface area contributed by atoms with Crippen molar-refractivity contribution >= 4 is 38.3 Å². The molecule has 8 nitrogen and oxygen atoms in total. The van der Waals surface area contributed by atoms with Crippen LogP contribution in [0.25, 0.3) is 0 Å². The molecule has 0 radical (unpaired) electrons. The summed E-state index contributed by atoms with van der Waals surface area (Å²) in [6, 6.07) is 5.93. The van der Waals surface area contributed by atoms with Gasteiger partial charge in [-0.05, 0) is 30.5 Å². The van der Waals surface area contributed by atoms with Gasteiger partial charge in [-0.25, -0.2) is 18.5 Å². The minimum atomic E-state index is -3.75. The highest BCUT2D eigenvalue weighted by Gasteiger charge is 2.28. The maximum atomic E-state index is 12.6. The number of carbonyl (C=O) groups excluding carboxylic acids is 2. The van der Waals surface area contributed by atoms with Gasteiger partial charge in [0.05, 0.1) is 17.2 Å². The molecule has 0 saturated carbocycles. The Morgan fingerprint density at radius 1 is 1.30 bits per heavy atom. The summed E-state index contributed by atoms with van der Waals surface area (Å²) >= 11 is 1.35. The molecule has 1 unspecified atom stereocenters. The van der Waals surface area contributed by atoms with Crippen LogP contribution in [0.2, 0.25) is 0 Å². The SMILES string of the molecule is NS(=O)(=O)c1ccc(CC(=O)N2CCCC(C(=O)Nc3nccs3)C2)cc1. The second kappa shape index (κ2) is 8.15. The molecule has 2 amide bonds. The third-order valence-corrected chi connectivity index (χ3v) is 6.03. The lowest BCUT2D eigenvalue weighted by Gasteiger charge is -2.32. The number of anilines is 1. The summed E-state index contributed by atoms with van der Waals surface area (Å²) in [6.45, 7) is 0.973. The molecule has 1 fully saturated rings. The van der Waals surface area contributed by atoms with Crippen molar-refractivity contribution in [2.45, 2.75) is 24.2 Å². The highest BCUT2D eigenvalue weighted by molar-refractivity contribution is 7.89. The molecule has 1 saturated heterocycles. The molecule has 3 rings (SSSR count). The standard InChI is InChI=1S/C17H20N4O4S2/c18-27(24,25)14-5-3-12(4-6-14)10-15(22)21-8-1-2-13(11-21)16(23)20-17-19-7-9-26-17/h3-7,9,13H,1-2,8,10-11H2,(H2,18,24,25)(H,19,20,23). The first-order valence-electron chi connectivity index (χ1n) is 8.43. The zero-order valence-electron chi connectivity index (χ0n) is 14.5. The Labute approximate surface area is 161 Å². The molecule has 0 aliphatic carbocycles. The van der Waals surface area contributed by atoms with E-state index < -0.39 is 10.0 Å². The van der Waals surface area contributed by atoms with Crippen LogP contribution in [0.1, 0.15) is 18.4 Å². The molecule has 1 aliphatic rings. The fraction of sp³-hybridized carbons (Fsp3) is 0.353. The number of rotatable bonds is 5. The van der Waals surface area contributed by atoms with Crippen LogP contribution in [0.4, 0.5) is 5.13 Å². The summed E-state index contributed by atoms with van der Waals surface area (Å²) in [5, 5.41) is 10.2. The lowest BCUT2D eigenvalue weighted by molar-refractivity contribution is -0.133. The van der Waals surface area contributed by atoms with E-state index in [0.29, 0.717) is 23.8 Å². The van der Waals surface area contributed by atoms with Gasteiger partial charge in [0.25, 0.3) is 0 Å². The molecule has 144 valence electrons. The number of nitrogens with one attached hydrogen (secondary N) is 1. The first kappa shape index (κ1) is 19.5. The predicted molar refractivity (Wildman–Crippen MR) is 102 cm³/mol. The summed E-state index contributed by atoms with van der Waals surface area (Å²) < 4.78 is 22.6. The van der Waals surface area contributed by atoms with Crippen LogP contribution < -0.4 is 10.5 Å². The molecular weight excluding hydrogens is 388 g/mol. The van der Waals surface area contributed by atoms with Gasteiger partial charge in [-0.3, -0.25) is 9.59 Å². The van der Waals surface area contributed by atoms with E-state index in [1.165, 1.54) is 23.5 Å². The van der Waals surface area contributed by atoms with Gasteiger partial charge in [0.2, 0.25) is 21.8 Å². The Morgan fingerprint density at radius 3 is 2.67 bits per heavy atom. The van der Waals surface area contributed by atoms with Gasteiger partial charge in [0.1, 0.15) is 0 Å². The molecule has 2 aromatic rings. The monoisotopic (exact) mass is 408 g/mol. The fourth-order valence-electron chi connectivity index (χ4n) is 2.99. The summed E-state index contributed by atoms with van der Waals surface area (Å²) in [6.07, 6.45) is 3.25. The van der Waals surface area contributed by atoms with Gasteiger partial charge in [0.15, 0.2) is 5.13 Å². The summed E-state index contributed by atoms with van der Waals surface area (Å²) in [5.41, 5.74) is 0.696. The molecule has 1 atom stereocenters.